The summed E-state index contributed by atoms with van der Waals surface area (Å²) in [6.07, 6.45) is 1.55. The maximum absolute atomic E-state index is 11.2. The van der Waals surface area contributed by atoms with E-state index in [1.54, 1.807) is 37.5 Å². The Morgan fingerprint density at radius 2 is 2.16 bits per heavy atom. The van der Waals surface area contributed by atoms with E-state index >= 15 is 0 Å². The second-order valence-electron chi connectivity index (χ2n) is 3.98. The molecule has 102 valence electrons. The Hall–Kier alpha value is -1.60. The minimum atomic E-state index is -3.10. The normalized spacial score (nSPS) is 19.9. The number of methoxy groups -OCH3 is 1. The molecule has 0 aliphatic carbocycles. The van der Waals surface area contributed by atoms with Gasteiger partial charge in [0.2, 0.25) is 0 Å². The van der Waals surface area contributed by atoms with Crippen LogP contribution in [0.1, 0.15) is 0 Å². The van der Waals surface area contributed by atoms with Crippen molar-refractivity contribution in [1.82, 2.24) is 5.32 Å². The number of rotatable bonds is 3. The lowest BCUT2D eigenvalue weighted by Crippen LogP contribution is -2.37. The molecule has 0 saturated carbocycles. The van der Waals surface area contributed by atoms with E-state index in [1.165, 1.54) is 5.41 Å². The van der Waals surface area contributed by atoms with E-state index in [2.05, 4.69) is 5.32 Å². The summed E-state index contributed by atoms with van der Waals surface area (Å²) >= 11 is 5.02. The lowest BCUT2D eigenvalue weighted by Gasteiger charge is -2.13. The van der Waals surface area contributed by atoms with Crippen LogP contribution in [-0.2, 0) is 9.84 Å². The highest BCUT2D eigenvalue weighted by atomic mass is 32.2. The first-order valence-electron chi connectivity index (χ1n) is 5.52. The van der Waals surface area contributed by atoms with Crippen LogP contribution in [0, 0.1) is 0 Å². The lowest BCUT2D eigenvalue weighted by molar-refractivity contribution is 0.411. The second kappa shape index (κ2) is 5.58. The highest BCUT2D eigenvalue weighted by molar-refractivity contribution is 7.94. The minimum absolute atomic E-state index is 0.00535. The molecule has 19 heavy (non-hydrogen) atoms. The summed E-state index contributed by atoms with van der Waals surface area (Å²) in [7, 11) is -1.54. The fraction of sp³-hybridized carbons (Fsp3) is 0.250. The average molecular weight is 299 g/mol. The van der Waals surface area contributed by atoms with Crippen molar-refractivity contribution in [1.29, 1.82) is 0 Å². The molecule has 1 aromatic carbocycles. The number of nitrogens with one attached hydrogen (secondary N) is 1. The average Bonchev–Trinajstić information content (AvgIpc) is 2.68. The van der Waals surface area contributed by atoms with Crippen molar-refractivity contribution in [2.45, 2.75) is 6.04 Å². The fourth-order valence-corrected chi connectivity index (χ4v) is 3.10. The maximum Gasteiger partial charge on any atom is 0.262 e. The van der Waals surface area contributed by atoms with E-state index in [0.717, 1.165) is 0 Å². The molecule has 0 saturated heterocycles. The molecule has 1 aliphatic rings. The highest BCUT2D eigenvalue weighted by Crippen LogP contribution is 2.19. The van der Waals surface area contributed by atoms with E-state index in [4.69, 9.17) is 21.7 Å². The van der Waals surface area contributed by atoms with Crippen molar-refractivity contribution in [2.75, 3.05) is 12.9 Å². The van der Waals surface area contributed by atoms with Gasteiger partial charge in [0.25, 0.3) is 5.17 Å². The van der Waals surface area contributed by atoms with Gasteiger partial charge in [-0.1, -0.05) is 6.07 Å². The van der Waals surface area contributed by atoms with Gasteiger partial charge in [0.05, 0.1) is 18.9 Å². The summed E-state index contributed by atoms with van der Waals surface area (Å²) < 4.78 is 32.9. The molecule has 7 heteroatoms. The molecule has 0 radical (unpaired) electrons. The largest absolute Gasteiger partial charge is 0.497 e. The Labute approximate surface area is 117 Å². The van der Waals surface area contributed by atoms with Gasteiger partial charge in [0.15, 0.2) is 9.84 Å². The summed E-state index contributed by atoms with van der Waals surface area (Å²) in [6, 6.07) is 6.64. The van der Waals surface area contributed by atoms with Crippen molar-refractivity contribution >= 4 is 27.2 Å². The van der Waals surface area contributed by atoms with Gasteiger partial charge in [-0.3, -0.25) is 0 Å². The Balaban J connectivity index is 1.93. The van der Waals surface area contributed by atoms with Gasteiger partial charge in [-0.15, -0.1) is 0 Å². The third-order valence-electron chi connectivity index (χ3n) is 2.49. The zero-order valence-corrected chi connectivity index (χ0v) is 11.8. The van der Waals surface area contributed by atoms with E-state index in [-0.39, 0.29) is 17.0 Å². The first-order chi connectivity index (χ1) is 8.98. The fourth-order valence-electron chi connectivity index (χ4n) is 1.62. The van der Waals surface area contributed by atoms with E-state index in [9.17, 15) is 8.42 Å². The first kappa shape index (κ1) is 13.8. The molecule has 5 nitrogen and oxygen atoms in total. The molecule has 1 N–H and O–H groups in total. The molecule has 1 aromatic rings. The first-order valence-corrected chi connectivity index (χ1v) is 7.64. The molecule has 0 amide bonds. The summed E-state index contributed by atoms with van der Waals surface area (Å²) in [6.45, 7) is 0. The van der Waals surface area contributed by atoms with Gasteiger partial charge in [0, 0.05) is 11.5 Å². The Morgan fingerprint density at radius 1 is 1.42 bits per heavy atom. The zero-order valence-electron chi connectivity index (χ0n) is 10.2. The topological polar surface area (TPSA) is 64.6 Å². The van der Waals surface area contributed by atoms with Gasteiger partial charge in [0.1, 0.15) is 11.5 Å². The van der Waals surface area contributed by atoms with E-state index < -0.39 is 9.84 Å². The van der Waals surface area contributed by atoms with Gasteiger partial charge in [-0.2, -0.15) is 0 Å². The van der Waals surface area contributed by atoms with Crippen LogP contribution in [0.5, 0.6) is 11.5 Å². The number of ether oxygens (including phenoxy) is 2. The van der Waals surface area contributed by atoms with E-state index in [0.29, 0.717) is 11.5 Å². The van der Waals surface area contributed by atoms with Gasteiger partial charge in [-0.05, 0) is 30.4 Å². The van der Waals surface area contributed by atoms with Crippen LogP contribution in [0.2, 0.25) is 0 Å². The van der Waals surface area contributed by atoms with Crippen molar-refractivity contribution in [3.05, 3.63) is 35.7 Å². The molecular formula is C12H13NO4S2. The predicted octanol–water partition coefficient (Wildman–Crippen LogP) is 1.26. The number of thiocarbonyl (C=S) groups is 1. The summed E-state index contributed by atoms with van der Waals surface area (Å²) in [4.78, 5) is 0. The summed E-state index contributed by atoms with van der Waals surface area (Å²) in [5.41, 5.74) is 0. The maximum atomic E-state index is 11.2. The highest BCUT2D eigenvalue weighted by Gasteiger charge is 2.22. The van der Waals surface area contributed by atoms with Crippen molar-refractivity contribution in [2.24, 2.45) is 0 Å². The quantitative estimate of drug-likeness (QED) is 0.848. The van der Waals surface area contributed by atoms with Gasteiger partial charge < -0.3 is 14.8 Å². The summed E-state index contributed by atoms with van der Waals surface area (Å²) in [5.74, 6) is 1.18. The van der Waals surface area contributed by atoms with Crippen molar-refractivity contribution in [3.8, 4) is 11.5 Å². The van der Waals surface area contributed by atoms with Gasteiger partial charge in [-0.25, -0.2) is 8.42 Å². The molecule has 1 aliphatic heterocycles. The third-order valence-corrected chi connectivity index (χ3v) is 4.08. The smallest absolute Gasteiger partial charge is 0.262 e. The molecule has 1 heterocycles. The standard InChI is InChI=1S/C12H13NO4S2/c1-16-10-3-2-4-11(7-10)17-12(18)13-9-5-6-19(14,15)8-9/h2-7,9H,8H2,1H3,(H,13,18). The van der Waals surface area contributed by atoms with Crippen LogP contribution in [0.4, 0.5) is 0 Å². The van der Waals surface area contributed by atoms with Crippen molar-refractivity contribution in [3.63, 3.8) is 0 Å². The Morgan fingerprint density at radius 3 is 2.79 bits per heavy atom. The van der Waals surface area contributed by atoms with Crippen LogP contribution in [0.15, 0.2) is 35.7 Å². The van der Waals surface area contributed by atoms with Crippen LogP contribution in [-0.4, -0.2) is 32.5 Å². The third kappa shape index (κ3) is 3.93. The second-order valence-corrected chi connectivity index (χ2v) is 6.28. The number of benzene rings is 1. The predicted molar refractivity (Wildman–Crippen MR) is 76.1 cm³/mol. The van der Waals surface area contributed by atoms with Crippen LogP contribution < -0.4 is 14.8 Å². The van der Waals surface area contributed by atoms with Crippen LogP contribution >= 0.6 is 12.2 Å². The van der Waals surface area contributed by atoms with E-state index in [1.807, 2.05) is 0 Å². The van der Waals surface area contributed by atoms with Gasteiger partial charge >= 0.3 is 0 Å². The molecule has 0 bridgehead atoms. The molecule has 0 spiro atoms. The molecule has 1 unspecified atom stereocenters. The van der Waals surface area contributed by atoms with Crippen LogP contribution in [0.3, 0.4) is 0 Å². The molecule has 0 fully saturated rings. The Kier molecular flexibility index (Phi) is 4.06. The number of hydrogen-bond acceptors (Lipinski definition) is 5. The van der Waals surface area contributed by atoms with Crippen molar-refractivity contribution < 1.29 is 17.9 Å². The lowest BCUT2D eigenvalue weighted by atomic mass is 10.3. The molecule has 1 atom stereocenters. The number of hydrogen-bond donors (Lipinski definition) is 1. The molecule has 2 rings (SSSR count). The Bertz CT molecular complexity index is 610. The summed E-state index contributed by atoms with van der Waals surface area (Å²) in [5, 5.41) is 4.13. The monoisotopic (exact) mass is 299 g/mol. The zero-order chi connectivity index (χ0) is 13.9. The molecule has 0 aromatic heterocycles. The molecular weight excluding hydrogens is 286 g/mol. The SMILES string of the molecule is COc1cccc(OC(=S)NC2C=CS(=O)(=O)C2)c1. The minimum Gasteiger partial charge on any atom is -0.497 e. The van der Waals surface area contributed by atoms with Crippen LogP contribution in [0.25, 0.3) is 0 Å². The number of sulfone groups is 1.